The van der Waals surface area contributed by atoms with Gasteiger partial charge < -0.3 is 10.2 Å². The molecular weight excluding hydrogens is 300 g/mol. The minimum absolute atomic E-state index is 0.00469. The number of carbonyl (C=O) groups excluding carboxylic acids is 1. The number of carbonyl (C=O) groups is 1. The summed E-state index contributed by atoms with van der Waals surface area (Å²) in [5, 5.41) is 3.07. The predicted octanol–water partition coefficient (Wildman–Crippen LogP) is 3.65. The van der Waals surface area contributed by atoms with Crippen molar-refractivity contribution < 1.29 is 4.79 Å². The lowest BCUT2D eigenvalue weighted by molar-refractivity contribution is 0.180. The van der Waals surface area contributed by atoms with Gasteiger partial charge in [-0.15, -0.1) is 0 Å². The molecule has 24 heavy (non-hydrogen) atoms. The third-order valence-electron chi connectivity index (χ3n) is 4.75. The van der Waals surface area contributed by atoms with Crippen molar-refractivity contribution in [2.24, 2.45) is 5.92 Å². The van der Waals surface area contributed by atoms with Gasteiger partial charge in [-0.05, 0) is 36.8 Å². The van der Waals surface area contributed by atoms with E-state index in [2.05, 4.69) is 15.3 Å². The molecule has 2 aromatic rings. The molecule has 1 aliphatic rings. The Bertz CT molecular complexity index is 668. The van der Waals surface area contributed by atoms with Gasteiger partial charge in [-0.1, -0.05) is 30.7 Å². The Morgan fingerprint density at radius 3 is 2.46 bits per heavy atom. The van der Waals surface area contributed by atoms with Crippen LogP contribution in [-0.4, -0.2) is 34.5 Å². The van der Waals surface area contributed by atoms with Crippen molar-refractivity contribution >= 4 is 6.03 Å². The molecule has 0 unspecified atom stereocenters. The fraction of sp³-hybridized carbons (Fsp3) is 0.421. The fourth-order valence-corrected chi connectivity index (χ4v) is 2.94. The molecular formula is C19H24N4O. The molecule has 5 nitrogen and oxygen atoms in total. The van der Waals surface area contributed by atoms with Crippen molar-refractivity contribution in [1.82, 2.24) is 20.2 Å². The van der Waals surface area contributed by atoms with Crippen LogP contribution < -0.4 is 5.32 Å². The first kappa shape index (κ1) is 16.4. The van der Waals surface area contributed by atoms with Crippen LogP contribution in [0.1, 0.15) is 37.8 Å². The number of amides is 2. The summed E-state index contributed by atoms with van der Waals surface area (Å²) < 4.78 is 0. The maximum Gasteiger partial charge on any atom is 0.317 e. The zero-order valence-corrected chi connectivity index (χ0v) is 14.3. The largest absolute Gasteiger partial charge is 0.331 e. The first-order chi connectivity index (χ1) is 11.6. The van der Waals surface area contributed by atoms with Crippen LogP contribution in [0.3, 0.4) is 0 Å². The van der Waals surface area contributed by atoms with Crippen molar-refractivity contribution in [1.29, 1.82) is 0 Å². The Morgan fingerprint density at radius 1 is 1.21 bits per heavy atom. The van der Waals surface area contributed by atoms with E-state index in [1.54, 1.807) is 17.3 Å². The molecule has 1 aromatic heterocycles. The van der Waals surface area contributed by atoms with Gasteiger partial charge in [0.25, 0.3) is 0 Å². The highest BCUT2D eigenvalue weighted by atomic mass is 16.2. The van der Waals surface area contributed by atoms with Crippen LogP contribution in [0.25, 0.3) is 11.1 Å². The number of nitrogens with one attached hydrogen (secondary N) is 1. The molecule has 5 heteroatoms. The number of hydrogen-bond donors (Lipinski definition) is 1. The second kappa shape index (κ2) is 7.43. The molecule has 0 spiro atoms. The average molecular weight is 324 g/mol. The minimum atomic E-state index is -0.0255. The van der Waals surface area contributed by atoms with Crippen LogP contribution in [0.2, 0.25) is 0 Å². The second-order valence-corrected chi connectivity index (χ2v) is 6.60. The van der Waals surface area contributed by atoms with E-state index in [1.165, 1.54) is 25.6 Å². The molecule has 1 aromatic carbocycles. The Balaban J connectivity index is 1.58. The highest BCUT2D eigenvalue weighted by Crippen LogP contribution is 2.27. The molecule has 1 aliphatic carbocycles. The van der Waals surface area contributed by atoms with Gasteiger partial charge in [0.05, 0.1) is 6.04 Å². The number of rotatable bonds is 5. The number of hydrogen-bond acceptors (Lipinski definition) is 3. The summed E-state index contributed by atoms with van der Waals surface area (Å²) in [6.45, 7) is 2.86. The molecule has 1 fully saturated rings. The van der Waals surface area contributed by atoms with Gasteiger partial charge in [0.1, 0.15) is 6.33 Å². The van der Waals surface area contributed by atoms with E-state index in [-0.39, 0.29) is 12.1 Å². The van der Waals surface area contributed by atoms with Crippen LogP contribution in [0.5, 0.6) is 0 Å². The smallest absolute Gasteiger partial charge is 0.317 e. The maximum atomic E-state index is 12.3. The summed E-state index contributed by atoms with van der Waals surface area (Å²) in [5.74, 6) is 0.684. The first-order valence-corrected chi connectivity index (χ1v) is 8.50. The van der Waals surface area contributed by atoms with Gasteiger partial charge in [0, 0.05) is 31.5 Å². The van der Waals surface area contributed by atoms with Crippen molar-refractivity contribution in [2.45, 2.75) is 32.2 Å². The number of aromatic nitrogens is 2. The molecule has 3 rings (SSSR count). The van der Waals surface area contributed by atoms with E-state index in [0.717, 1.165) is 23.2 Å². The molecule has 0 radical (unpaired) electrons. The van der Waals surface area contributed by atoms with Gasteiger partial charge in [-0.25, -0.2) is 14.8 Å². The highest BCUT2D eigenvalue weighted by Gasteiger charge is 2.22. The summed E-state index contributed by atoms with van der Waals surface area (Å²) >= 11 is 0. The lowest BCUT2D eigenvalue weighted by Gasteiger charge is -2.30. The van der Waals surface area contributed by atoms with Gasteiger partial charge in [-0.3, -0.25) is 0 Å². The Morgan fingerprint density at radius 2 is 1.88 bits per heavy atom. The SMILES string of the molecule is C[C@@H](NC(=O)N(C)CC1CCC1)c1ccc(-c2cncnc2)cc1. The molecule has 2 amide bonds. The van der Waals surface area contributed by atoms with E-state index >= 15 is 0 Å². The summed E-state index contributed by atoms with van der Waals surface area (Å²) in [6.07, 6.45) is 8.91. The lowest BCUT2D eigenvalue weighted by atomic mass is 9.85. The standard InChI is InChI=1S/C19H24N4O/c1-14(22-19(24)23(2)12-15-4-3-5-15)16-6-8-17(9-7-16)18-10-20-13-21-11-18/h6-11,13-15H,3-5,12H2,1-2H3,(H,22,24)/t14-/m1/s1. The number of urea groups is 1. The van der Waals surface area contributed by atoms with Crippen LogP contribution in [0, 0.1) is 5.92 Å². The minimum Gasteiger partial charge on any atom is -0.331 e. The Labute approximate surface area is 143 Å². The average Bonchev–Trinajstić information content (AvgIpc) is 2.58. The third-order valence-corrected chi connectivity index (χ3v) is 4.75. The quantitative estimate of drug-likeness (QED) is 0.913. The molecule has 0 saturated heterocycles. The van der Waals surface area contributed by atoms with E-state index in [4.69, 9.17) is 0 Å². The summed E-state index contributed by atoms with van der Waals surface area (Å²) in [7, 11) is 1.87. The fourth-order valence-electron chi connectivity index (χ4n) is 2.94. The number of nitrogens with zero attached hydrogens (tertiary/aromatic N) is 3. The number of benzene rings is 1. The lowest BCUT2D eigenvalue weighted by Crippen LogP contribution is -2.42. The molecule has 1 atom stereocenters. The van der Waals surface area contributed by atoms with Crippen LogP contribution in [-0.2, 0) is 0 Å². The molecule has 0 bridgehead atoms. The van der Waals surface area contributed by atoms with Crippen LogP contribution in [0.15, 0.2) is 43.0 Å². The van der Waals surface area contributed by atoms with Gasteiger partial charge in [0.15, 0.2) is 0 Å². The van der Waals surface area contributed by atoms with Crippen molar-refractivity contribution in [2.75, 3.05) is 13.6 Å². The van der Waals surface area contributed by atoms with Crippen molar-refractivity contribution in [3.63, 3.8) is 0 Å². The summed E-state index contributed by atoms with van der Waals surface area (Å²) in [6, 6.07) is 8.12. The van der Waals surface area contributed by atoms with E-state index in [1.807, 2.05) is 38.2 Å². The zero-order valence-electron chi connectivity index (χ0n) is 14.3. The molecule has 0 aliphatic heterocycles. The Hall–Kier alpha value is -2.43. The van der Waals surface area contributed by atoms with Crippen molar-refractivity contribution in [3.8, 4) is 11.1 Å². The maximum absolute atomic E-state index is 12.3. The summed E-state index contributed by atoms with van der Waals surface area (Å²) in [5.41, 5.74) is 3.14. The zero-order chi connectivity index (χ0) is 16.9. The predicted molar refractivity (Wildman–Crippen MR) is 94.4 cm³/mol. The molecule has 1 N–H and O–H groups in total. The van der Waals surface area contributed by atoms with Gasteiger partial charge in [0.2, 0.25) is 0 Å². The molecule has 1 saturated carbocycles. The Kier molecular flexibility index (Phi) is 5.08. The highest BCUT2D eigenvalue weighted by molar-refractivity contribution is 5.74. The van der Waals surface area contributed by atoms with Crippen LogP contribution in [0.4, 0.5) is 4.79 Å². The van der Waals surface area contributed by atoms with Crippen molar-refractivity contribution in [3.05, 3.63) is 48.5 Å². The van der Waals surface area contributed by atoms with E-state index in [0.29, 0.717) is 5.92 Å². The van der Waals surface area contributed by atoms with Gasteiger partial charge in [-0.2, -0.15) is 0 Å². The molecule has 126 valence electrons. The topological polar surface area (TPSA) is 58.1 Å². The van der Waals surface area contributed by atoms with E-state index < -0.39 is 0 Å². The summed E-state index contributed by atoms with van der Waals surface area (Å²) in [4.78, 5) is 22.2. The second-order valence-electron chi connectivity index (χ2n) is 6.60. The normalized spacial score (nSPS) is 15.4. The van der Waals surface area contributed by atoms with Crippen LogP contribution >= 0.6 is 0 Å². The van der Waals surface area contributed by atoms with Gasteiger partial charge >= 0.3 is 6.03 Å². The monoisotopic (exact) mass is 324 g/mol. The van der Waals surface area contributed by atoms with E-state index in [9.17, 15) is 4.79 Å². The first-order valence-electron chi connectivity index (χ1n) is 8.50. The molecule has 1 heterocycles. The third kappa shape index (κ3) is 3.91.